The summed E-state index contributed by atoms with van der Waals surface area (Å²) in [5, 5.41) is 24.2. The minimum Gasteiger partial charge on any atom is -0.465 e. The third-order valence-corrected chi connectivity index (χ3v) is 5.11. The molecule has 152 valence electrons. The number of rotatable bonds is 8. The van der Waals surface area contributed by atoms with Crippen molar-refractivity contribution in [1.82, 2.24) is 30.4 Å². The molecule has 0 bridgehead atoms. The van der Waals surface area contributed by atoms with Gasteiger partial charge in [-0.05, 0) is 29.0 Å². The van der Waals surface area contributed by atoms with Crippen molar-refractivity contribution in [3.8, 4) is 11.4 Å². The number of amides is 1. The highest BCUT2D eigenvalue weighted by Crippen LogP contribution is 2.23. The van der Waals surface area contributed by atoms with E-state index in [-0.39, 0.29) is 5.70 Å². The SMILES string of the molecule is CCCCc1nnc(NC(=O)/C(=C\c2ccco2)n2nnnc2-c2ccccc2)s1. The molecule has 4 rings (SSSR count). The molecule has 0 aliphatic heterocycles. The van der Waals surface area contributed by atoms with Gasteiger partial charge in [0.2, 0.25) is 5.13 Å². The van der Waals surface area contributed by atoms with Crippen LogP contribution in [0.15, 0.2) is 53.1 Å². The number of hydrogen-bond acceptors (Lipinski definition) is 8. The number of benzene rings is 1. The first kappa shape index (κ1) is 19.6. The van der Waals surface area contributed by atoms with Crippen LogP contribution < -0.4 is 5.32 Å². The maximum atomic E-state index is 13.1. The number of anilines is 1. The Balaban J connectivity index is 1.66. The molecule has 0 aliphatic carbocycles. The average Bonchev–Trinajstić information content (AvgIpc) is 3.53. The van der Waals surface area contributed by atoms with Crippen LogP contribution in [0.2, 0.25) is 0 Å². The first-order valence-corrected chi connectivity index (χ1v) is 10.3. The fraction of sp³-hybridized carbons (Fsp3) is 0.200. The molecule has 0 aliphatic rings. The van der Waals surface area contributed by atoms with Gasteiger partial charge in [0, 0.05) is 18.1 Å². The molecule has 3 heterocycles. The first-order valence-electron chi connectivity index (χ1n) is 9.47. The highest BCUT2D eigenvalue weighted by molar-refractivity contribution is 7.15. The van der Waals surface area contributed by atoms with E-state index in [1.54, 1.807) is 18.2 Å². The summed E-state index contributed by atoms with van der Waals surface area (Å²) >= 11 is 1.36. The monoisotopic (exact) mass is 421 g/mol. The highest BCUT2D eigenvalue weighted by Gasteiger charge is 2.21. The van der Waals surface area contributed by atoms with Gasteiger partial charge in [0.05, 0.1) is 6.26 Å². The molecule has 0 atom stereocenters. The lowest BCUT2D eigenvalue weighted by atomic mass is 10.2. The smallest absolute Gasteiger partial charge is 0.276 e. The Hall–Kier alpha value is -3.66. The molecule has 0 radical (unpaired) electrons. The van der Waals surface area contributed by atoms with E-state index in [0.717, 1.165) is 29.8 Å². The summed E-state index contributed by atoms with van der Waals surface area (Å²) in [5.74, 6) is 0.508. The number of tetrazole rings is 1. The second-order valence-corrected chi connectivity index (χ2v) is 7.45. The number of carbonyl (C=O) groups is 1. The standard InChI is InChI=1S/C20H19N7O2S/c1-2-3-11-17-22-24-20(30-17)21-19(28)16(13-15-10-7-12-29-15)27-18(23-25-26-27)14-8-5-4-6-9-14/h4-10,12-13H,2-3,11H2,1H3,(H,21,24,28)/b16-13+. The minimum atomic E-state index is -0.422. The van der Waals surface area contributed by atoms with Gasteiger partial charge in [-0.2, -0.15) is 4.68 Å². The van der Waals surface area contributed by atoms with E-state index in [9.17, 15) is 4.79 Å². The van der Waals surface area contributed by atoms with Crippen molar-refractivity contribution in [3.05, 3.63) is 59.5 Å². The number of nitrogens with one attached hydrogen (secondary N) is 1. The van der Waals surface area contributed by atoms with Crippen molar-refractivity contribution in [2.24, 2.45) is 0 Å². The van der Waals surface area contributed by atoms with E-state index < -0.39 is 5.91 Å². The number of nitrogens with zero attached hydrogens (tertiary/aromatic N) is 6. The van der Waals surface area contributed by atoms with Crippen LogP contribution >= 0.6 is 11.3 Å². The van der Waals surface area contributed by atoms with E-state index in [1.807, 2.05) is 30.3 Å². The van der Waals surface area contributed by atoms with Crippen molar-refractivity contribution in [2.45, 2.75) is 26.2 Å². The molecule has 4 aromatic rings. The number of furan rings is 1. The van der Waals surface area contributed by atoms with Gasteiger partial charge in [0.1, 0.15) is 16.5 Å². The average molecular weight is 421 g/mol. The van der Waals surface area contributed by atoms with Crippen LogP contribution in [0.3, 0.4) is 0 Å². The number of unbranched alkanes of at least 4 members (excludes halogenated alkanes) is 1. The maximum Gasteiger partial charge on any atom is 0.276 e. The van der Waals surface area contributed by atoms with Crippen molar-refractivity contribution >= 4 is 34.1 Å². The van der Waals surface area contributed by atoms with Gasteiger partial charge < -0.3 is 4.42 Å². The van der Waals surface area contributed by atoms with Crippen LogP contribution in [0.1, 0.15) is 30.5 Å². The molecule has 10 heteroatoms. The number of carbonyl (C=O) groups excluding carboxylic acids is 1. The molecule has 3 aromatic heterocycles. The van der Waals surface area contributed by atoms with E-state index in [4.69, 9.17) is 4.42 Å². The quantitative estimate of drug-likeness (QED) is 0.431. The van der Waals surface area contributed by atoms with Gasteiger partial charge >= 0.3 is 0 Å². The normalized spacial score (nSPS) is 11.6. The van der Waals surface area contributed by atoms with Gasteiger partial charge in [0.25, 0.3) is 5.91 Å². The summed E-state index contributed by atoms with van der Waals surface area (Å²) in [4.78, 5) is 13.1. The zero-order valence-corrected chi connectivity index (χ0v) is 17.0. The van der Waals surface area contributed by atoms with Crippen LogP contribution in [-0.4, -0.2) is 36.3 Å². The van der Waals surface area contributed by atoms with Crippen molar-refractivity contribution in [3.63, 3.8) is 0 Å². The van der Waals surface area contributed by atoms with Gasteiger partial charge in [-0.25, -0.2) is 0 Å². The Morgan fingerprint density at radius 1 is 1.17 bits per heavy atom. The lowest BCUT2D eigenvalue weighted by Gasteiger charge is -2.08. The van der Waals surface area contributed by atoms with Crippen molar-refractivity contribution in [2.75, 3.05) is 5.32 Å². The van der Waals surface area contributed by atoms with E-state index in [0.29, 0.717) is 16.7 Å². The molecule has 1 N–H and O–H groups in total. The summed E-state index contributed by atoms with van der Waals surface area (Å²) in [6.45, 7) is 2.12. The van der Waals surface area contributed by atoms with Crippen LogP contribution in [-0.2, 0) is 11.2 Å². The summed E-state index contributed by atoms with van der Waals surface area (Å²) < 4.78 is 6.77. The Morgan fingerprint density at radius 3 is 2.80 bits per heavy atom. The van der Waals surface area contributed by atoms with Crippen LogP contribution in [0.25, 0.3) is 23.2 Å². The fourth-order valence-corrected chi connectivity index (χ4v) is 3.52. The fourth-order valence-electron chi connectivity index (χ4n) is 2.74. The number of aromatic nitrogens is 6. The van der Waals surface area contributed by atoms with Crippen molar-refractivity contribution < 1.29 is 9.21 Å². The van der Waals surface area contributed by atoms with Crippen LogP contribution in [0, 0.1) is 0 Å². The van der Waals surface area contributed by atoms with E-state index >= 15 is 0 Å². The second-order valence-electron chi connectivity index (χ2n) is 6.38. The molecule has 1 amide bonds. The Morgan fingerprint density at radius 2 is 2.03 bits per heavy atom. The molecule has 0 fully saturated rings. The molecule has 0 saturated heterocycles. The summed E-state index contributed by atoms with van der Waals surface area (Å²) in [5.41, 5.74) is 0.970. The zero-order valence-electron chi connectivity index (χ0n) is 16.2. The predicted octanol–water partition coefficient (Wildman–Crippen LogP) is 3.76. The Labute approximate surface area is 176 Å². The largest absolute Gasteiger partial charge is 0.465 e. The number of hydrogen-bond donors (Lipinski definition) is 1. The Kier molecular flexibility index (Phi) is 6.04. The highest BCUT2D eigenvalue weighted by atomic mass is 32.1. The van der Waals surface area contributed by atoms with Crippen LogP contribution in [0.5, 0.6) is 0 Å². The molecule has 0 spiro atoms. The van der Waals surface area contributed by atoms with E-state index in [1.165, 1.54) is 22.3 Å². The first-order chi connectivity index (χ1) is 14.7. The van der Waals surface area contributed by atoms with E-state index in [2.05, 4.69) is 38.0 Å². The maximum absolute atomic E-state index is 13.1. The molecule has 30 heavy (non-hydrogen) atoms. The third kappa shape index (κ3) is 4.49. The molecule has 9 nitrogen and oxygen atoms in total. The summed E-state index contributed by atoms with van der Waals surface area (Å²) in [6.07, 6.45) is 6.04. The third-order valence-electron chi connectivity index (χ3n) is 4.22. The predicted molar refractivity (Wildman–Crippen MR) is 113 cm³/mol. The van der Waals surface area contributed by atoms with Gasteiger partial charge in [-0.1, -0.05) is 55.0 Å². The zero-order chi connectivity index (χ0) is 20.8. The van der Waals surface area contributed by atoms with Gasteiger partial charge in [-0.3, -0.25) is 10.1 Å². The molecular formula is C20H19N7O2S. The number of aryl methyl sites for hydroxylation is 1. The molecule has 0 saturated carbocycles. The second kappa shape index (κ2) is 9.23. The lowest BCUT2D eigenvalue weighted by molar-refractivity contribution is -0.111. The molecule has 1 aromatic carbocycles. The van der Waals surface area contributed by atoms with Gasteiger partial charge in [-0.15, -0.1) is 15.3 Å². The Bertz CT molecular complexity index is 1130. The lowest BCUT2D eigenvalue weighted by Crippen LogP contribution is -2.19. The van der Waals surface area contributed by atoms with Gasteiger partial charge in [0.15, 0.2) is 5.82 Å². The minimum absolute atomic E-state index is 0.194. The molecular weight excluding hydrogens is 402 g/mol. The topological polar surface area (TPSA) is 112 Å². The molecule has 0 unspecified atom stereocenters. The summed E-state index contributed by atoms with van der Waals surface area (Å²) in [6, 6.07) is 12.9. The summed E-state index contributed by atoms with van der Waals surface area (Å²) in [7, 11) is 0. The van der Waals surface area contributed by atoms with Crippen LogP contribution in [0.4, 0.5) is 5.13 Å². The van der Waals surface area contributed by atoms with Crippen molar-refractivity contribution in [1.29, 1.82) is 0 Å².